The predicted octanol–water partition coefficient (Wildman–Crippen LogP) is -0.527. The smallest absolute Gasteiger partial charge is 0.407 e. The van der Waals surface area contributed by atoms with Crippen molar-refractivity contribution in [2.24, 2.45) is 0 Å². The summed E-state index contributed by atoms with van der Waals surface area (Å²) < 4.78 is 13.5. The molecular weight excluding hydrogens is 528 g/mol. The molecule has 0 radical (unpaired) electrons. The van der Waals surface area contributed by atoms with Crippen LogP contribution >= 0.6 is 0 Å². The van der Waals surface area contributed by atoms with Crippen LogP contribution in [0.4, 0.5) is 9.59 Å². The number of amides is 6. The van der Waals surface area contributed by atoms with Crippen LogP contribution in [0.2, 0.25) is 0 Å². The summed E-state index contributed by atoms with van der Waals surface area (Å²) in [7, 11) is 3.70. The lowest BCUT2D eigenvalue weighted by Gasteiger charge is -2.19. The molecular formula is C22H32N4O13. The van der Waals surface area contributed by atoms with Crippen LogP contribution in [-0.2, 0) is 52.7 Å². The van der Waals surface area contributed by atoms with Crippen molar-refractivity contribution in [2.45, 2.75) is 64.0 Å². The zero-order chi connectivity index (χ0) is 29.5. The average molecular weight is 561 g/mol. The fourth-order valence-electron chi connectivity index (χ4n) is 2.92. The molecule has 2 fully saturated rings. The fraction of sp³-hybridized carbons (Fsp3) is 0.636. The number of methoxy groups -OCH3 is 3. The molecule has 2 unspecified atom stereocenters. The van der Waals surface area contributed by atoms with Gasteiger partial charge in [-0.3, -0.25) is 19.2 Å². The second kappa shape index (κ2) is 16.5. The van der Waals surface area contributed by atoms with Gasteiger partial charge < -0.3 is 34.5 Å². The topological polar surface area (TPSA) is 213 Å². The van der Waals surface area contributed by atoms with Crippen molar-refractivity contribution in [1.29, 1.82) is 0 Å². The van der Waals surface area contributed by atoms with Gasteiger partial charge in [-0.1, -0.05) is 0 Å². The number of nitrogens with zero attached hydrogens (tertiary/aromatic N) is 2. The van der Waals surface area contributed by atoms with Crippen molar-refractivity contribution >= 4 is 47.8 Å². The third-order valence-corrected chi connectivity index (χ3v) is 5.20. The first-order valence-corrected chi connectivity index (χ1v) is 11.8. The molecule has 2 saturated heterocycles. The predicted molar refractivity (Wildman–Crippen MR) is 124 cm³/mol. The number of carbonyl (C=O) groups excluding carboxylic acids is 8. The molecule has 2 atom stereocenters. The largest absolute Gasteiger partial charge is 0.453 e. The summed E-state index contributed by atoms with van der Waals surface area (Å²) in [6, 6.07) is -1.10. The Kier molecular flexibility index (Phi) is 13.9. The minimum absolute atomic E-state index is 0.0274. The summed E-state index contributed by atoms with van der Waals surface area (Å²) >= 11 is 0. The lowest BCUT2D eigenvalue weighted by molar-refractivity contribution is -0.203. The summed E-state index contributed by atoms with van der Waals surface area (Å²) in [5, 5.41) is 5.66. The van der Waals surface area contributed by atoms with E-state index in [1.165, 1.54) is 21.1 Å². The Morgan fingerprint density at radius 3 is 1.64 bits per heavy atom. The van der Waals surface area contributed by atoms with Crippen LogP contribution in [0.5, 0.6) is 0 Å². The zero-order valence-corrected chi connectivity index (χ0v) is 22.0. The molecule has 0 saturated carbocycles. The minimum atomic E-state index is -1.10. The molecule has 218 valence electrons. The van der Waals surface area contributed by atoms with Gasteiger partial charge in [-0.15, -0.1) is 10.1 Å². The minimum Gasteiger partial charge on any atom is -0.453 e. The van der Waals surface area contributed by atoms with Crippen LogP contribution in [0, 0.1) is 0 Å². The standard InChI is InChI=1S/C14H21N3O8.C8H11NO5/c1-23-13(21)15-8-4-3-5-9(16-14(22)24-2)12(20)25-17-10(18)6-7-11(17)19;1-5(13-2)8(12)14-9-6(10)3-4-7(9)11/h9H,3-8H2,1-2H3,(H,15,21)(H,16,22);5H,3-4H2,1-2H3. The third-order valence-electron chi connectivity index (χ3n) is 5.20. The van der Waals surface area contributed by atoms with Crippen molar-refractivity contribution in [3.63, 3.8) is 0 Å². The molecule has 2 heterocycles. The van der Waals surface area contributed by atoms with Gasteiger partial charge in [0.05, 0.1) is 14.2 Å². The lowest BCUT2D eigenvalue weighted by atomic mass is 10.1. The third kappa shape index (κ3) is 10.9. The second-order valence-corrected chi connectivity index (χ2v) is 7.96. The van der Waals surface area contributed by atoms with Gasteiger partial charge in [-0.2, -0.15) is 0 Å². The molecule has 0 aromatic rings. The maximum absolute atomic E-state index is 12.1. The molecule has 17 nitrogen and oxygen atoms in total. The Morgan fingerprint density at radius 1 is 0.744 bits per heavy atom. The first-order chi connectivity index (χ1) is 18.4. The Hall–Kier alpha value is -4.28. The molecule has 39 heavy (non-hydrogen) atoms. The average Bonchev–Trinajstić information content (AvgIpc) is 3.41. The summed E-state index contributed by atoms with van der Waals surface area (Å²) in [5.41, 5.74) is 0. The molecule has 2 rings (SSSR count). The monoisotopic (exact) mass is 560 g/mol. The molecule has 6 amide bonds. The van der Waals surface area contributed by atoms with Gasteiger partial charge in [0.15, 0.2) is 6.10 Å². The van der Waals surface area contributed by atoms with Crippen LogP contribution in [0.1, 0.15) is 51.9 Å². The Bertz CT molecular complexity index is 922. The highest BCUT2D eigenvalue weighted by Crippen LogP contribution is 2.14. The van der Waals surface area contributed by atoms with E-state index in [1.54, 1.807) is 0 Å². The highest BCUT2D eigenvalue weighted by Gasteiger charge is 2.36. The van der Waals surface area contributed by atoms with Crippen LogP contribution in [-0.4, -0.2) is 97.9 Å². The van der Waals surface area contributed by atoms with Crippen LogP contribution in [0.3, 0.4) is 0 Å². The highest BCUT2D eigenvalue weighted by molar-refractivity contribution is 6.02. The van der Waals surface area contributed by atoms with E-state index >= 15 is 0 Å². The number of nitrogens with one attached hydrogen (secondary N) is 2. The number of unbranched alkanes of at least 4 members (excludes halogenated alkanes) is 1. The van der Waals surface area contributed by atoms with Crippen molar-refractivity contribution in [3.8, 4) is 0 Å². The van der Waals surface area contributed by atoms with Crippen molar-refractivity contribution in [2.75, 3.05) is 27.9 Å². The molecule has 2 aliphatic heterocycles. The van der Waals surface area contributed by atoms with E-state index in [1.807, 2.05) is 0 Å². The number of hydrogen-bond acceptors (Lipinski definition) is 13. The molecule has 0 aliphatic carbocycles. The number of hydroxylamine groups is 4. The molecule has 0 aromatic heterocycles. The van der Waals surface area contributed by atoms with Gasteiger partial charge in [0.2, 0.25) is 0 Å². The summed E-state index contributed by atoms with van der Waals surface area (Å²) in [4.78, 5) is 99.9. The number of ether oxygens (including phenoxy) is 3. The summed E-state index contributed by atoms with van der Waals surface area (Å²) in [5.74, 6) is -3.92. The number of hydrogen-bond donors (Lipinski definition) is 2. The SMILES string of the molecule is COC(=O)NCCCCC(NC(=O)OC)C(=O)ON1C(=O)CCC1=O.COC(C)C(=O)ON1C(=O)CCC1=O. The van der Waals surface area contributed by atoms with Crippen LogP contribution in [0.25, 0.3) is 0 Å². The van der Waals surface area contributed by atoms with Gasteiger partial charge in [0.25, 0.3) is 23.6 Å². The number of rotatable bonds is 11. The van der Waals surface area contributed by atoms with E-state index in [9.17, 15) is 38.4 Å². The Labute approximate surface area is 223 Å². The first kappa shape index (κ1) is 32.7. The second-order valence-electron chi connectivity index (χ2n) is 7.96. The zero-order valence-electron chi connectivity index (χ0n) is 22.0. The van der Waals surface area contributed by atoms with E-state index in [2.05, 4.69) is 29.7 Å². The van der Waals surface area contributed by atoms with Gasteiger partial charge in [-0.05, 0) is 26.2 Å². The lowest BCUT2D eigenvalue weighted by Crippen LogP contribution is -2.45. The van der Waals surface area contributed by atoms with E-state index in [-0.39, 0.29) is 32.1 Å². The van der Waals surface area contributed by atoms with E-state index in [0.29, 0.717) is 29.5 Å². The van der Waals surface area contributed by atoms with Crippen molar-refractivity contribution in [3.05, 3.63) is 0 Å². The fourth-order valence-corrected chi connectivity index (χ4v) is 2.92. The number of imide groups is 2. The Balaban J connectivity index is 0.000000457. The maximum Gasteiger partial charge on any atom is 0.407 e. The van der Waals surface area contributed by atoms with E-state index < -0.39 is 59.9 Å². The molecule has 2 aliphatic rings. The first-order valence-electron chi connectivity index (χ1n) is 11.8. The van der Waals surface area contributed by atoms with Crippen LogP contribution in [0.15, 0.2) is 0 Å². The maximum atomic E-state index is 12.1. The molecule has 0 spiro atoms. The van der Waals surface area contributed by atoms with Gasteiger partial charge >= 0.3 is 24.1 Å². The molecule has 17 heteroatoms. The van der Waals surface area contributed by atoms with E-state index in [4.69, 9.17) is 4.84 Å². The van der Waals surface area contributed by atoms with E-state index in [0.717, 1.165) is 7.11 Å². The number of carbonyl (C=O) groups is 8. The van der Waals surface area contributed by atoms with Gasteiger partial charge in [0.1, 0.15) is 6.04 Å². The van der Waals surface area contributed by atoms with Gasteiger partial charge in [-0.25, -0.2) is 19.2 Å². The molecule has 0 aromatic carbocycles. The normalized spacial score (nSPS) is 16.1. The highest BCUT2D eigenvalue weighted by atomic mass is 16.7. The van der Waals surface area contributed by atoms with Crippen molar-refractivity contribution < 1.29 is 62.2 Å². The van der Waals surface area contributed by atoms with Crippen LogP contribution < -0.4 is 10.6 Å². The molecule has 0 bridgehead atoms. The summed E-state index contributed by atoms with van der Waals surface area (Å²) in [6.07, 6.45) is -0.993. The number of alkyl carbamates (subject to hydrolysis) is 2. The Morgan fingerprint density at radius 2 is 1.21 bits per heavy atom. The summed E-state index contributed by atoms with van der Waals surface area (Å²) in [6.45, 7) is 1.78. The quantitative estimate of drug-likeness (QED) is 0.240. The molecule has 2 N–H and O–H groups in total. The van der Waals surface area contributed by atoms with Gasteiger partial charge in [0, 0.05) is 39.3 Å². The van der Waals surface area contributed by atoms with Crippen molar-refractivity contribution in [1.82, 2.24) is 20.8 Å².